The van der Waals surface area contributed by atoms with Crippen molar-refractivity contribution in [1.82, 2.24) is 20.0 Å². The Morgan fingerprint density at radius 1 is 1.14 bits per heavy atom. The number of nitrogens with one attached hydrogen (secondary N) is 2. The number of carbonyl (C=O) groups excluding carboxylic acids is 3. The highest BCUT2D eigenvalue weighted by molar-refractivity contribution is 6.10. The summed E-state index contributed by atoms with van der Waals surface area (Å²) in [5.41, 5.74) is -0.464. The lowest BCUT2D eigenvalue weighted by atomic mass is 9.82. The van der Waals surface area contributed by atoms with E-state index in [-0.39, 0.29) is 23.4 Å². The second-order valence-corrected chi connectivity index (χ2v) is 10.3. The Kier molecular flexibility index (Phi) is 5.26. The van der Waals surface area contributed by atoms with E-state index in [0.717, 1.165) is 29.9 Å². The summed E-state index contributed by atoms with van der Waals surface area (Å²) in [6.07, 6.45) is 4.17. The fourth-order valence-corrected chi connectivity index (χ4v) is 3.99. The van der Waals surface area contributed by atoms with Crippen LogP contribution in [-0.4, -0.2) is 44.6 Å². The second kappa shape index (κ2) is 7.15. The molecule has 1 aromatic rings. The predicted molar refractivity (Wildman–Crippen MR) is 111 cm³/mol. The van der Waals surface area contributed by atoms with Crippen molar-refractivity contribution in [3.63, 3.8) is 0 Å². The number of hydrogen-bond donors (Lipinski definition) is 2. The standard InChI is InChI=1S/C21H33N5O3/c1-19(2,3)14-12-15(26(24-14)20(4,5)6)22-16(27)13-25-17(28)21(23-18(25)29)10-8-7-9-11-21/h12H,7-11,13H2,1-6H3,(H,22,27)(H,23,29). The van der Waals surface area contributed by atoms with Gasteiger partial charge < -0.3 is 10.6 Å². The van der Waals surface area contributed by atoms with Gasteiger partial charge in [0, 0.05) is 11.5 Å². The minimum absolute atomic E-state index is 0.172. The summed E-state index contributed by atoms with van der Waals surface area (Å²) in [6.45, 7) is 11.9. The van der Waals surface area contributed by atoms with E-state index in [1.807, 2.05) is 26.8 Å². The van der Waals surface area contributed by atoms with Crippen molar-refractivity contribution in [2.45, 2.75) is 90.1 Å². The summed E-state index contributed by atoms with van der Waals surface area (Å²) in [5.74, 6) is -0.129. The normalized spacial score (nSPS) is 19.6. The third-order valence-corrected chi connectivity index (χ3v) is 5.64. The van der Waals surface area contributed by atoms with Crippen LogP contribution >= 0.6 is 0 Å². The SMILES string of the molecule is CC(C)(C)c1cc(NC(=O)CN2C(=O)NC3(CCCCC3)C2=O)n(C(C)(C)C)n1. The zero-order valence-corrected chi connectivity index (χ0v) is 18.4. The summed E-state index contributed by atoms with van der Waals surface area (Å²) in [7, 11) is 0. The molecule has 1 aromatic heterocycles. The molecule has 0 radical (unpaired) electrons. The molecule has 8 heteroatoms. The van der Waals surface area contributed by atoms with Crippen molar-refractivity contribution in [2.24, 2.45) is 0 Å². The predicted octanol–water partition coefficient (Wildman–Crippen LogP) is 3.13. The number of amides is 4. The molecule has 1 saturated carbocycles. The summed E-state index contributed by atoms with van der Waals surface area (Å²) in [6, 6.07) is 1.38. The van der Waals surface area contributed by atoms with E-state index in [1.165, 1.54) is 0 Å². The fraction of sp³-hybridized carbons (Fsp3) is 0.714. The molecular weight excluding hydrogens is 370 g/mol. The average molecular weight is 404 g/mol. The van der Waals surface area contributed by atoms with Crippen LogP contribution in [0.4, 0.5) is 10.6 Å². The monoisotopic (exact) mass is 403 g/mol. The molecule has 160 valence electrons. The highest BCUT2D eigenvalue weighted by atomic mass is 16.2. The molecule has 0 unspecified atom stereocenters. The Bertz CT molecular complexity index is 822. The second-order valence-electron chi connectivity index (χ2n) is 10.3. The quantitative estimate of drug-likeness (QED) is 0.758. The summed E-state index contributed by atoms with van der Waals surface area (Å²) >= 11 is 0. The highest BCUT2D eigenvalue weighted by Gasteiger charge is 2.51. The topological polar surface area (TPSA) is 96.3 Å². The molecule has 2 heterocycles. The van der Waals surface area contributed by atoms with Gasteiger partial charge >= 0.3 is 6.03 Å². The van der Waals surface area contributed by atoms with Gasteiger partial charge in [0.15, 0.2) is 0 Å². The lowest BCUT2D eigenvalue weighted by Crippen LogP contribution is -2.48. The molecule has 1 saturated heterocycles. The van der Waals surface area contributed by atoms with Crippen LogP contribution in [0.25, 0.3) is 0 Å². The van der Waals surface area contributed by atoms with E-state index in [2.05, 4.69) is 36.5 Å². The zero-order chi connectivity index (χ0) is 21.6. The molecule has 2 fully saturated rings. The first-order chi connectivity index (χ1) is 13.3. The number of anilines is 1. The van der Waals surface area contributed by atoms with E-state index in [4.69, 9.17) is 0 Å². The molecular formula is C21H33N5O3. The van der Waals surface area contributed by atoms with Crippen molar-refractivity contribution >= 4 is 23.7 Å². The molecule has 2 aliphatic rings. The van der Waals surface area contributed by atoms with Crippen molar-refractivity contribution in [3.8, 4) is 0 Å². The Morgan fingerprint density at radius 2 is 1.76 bits per heavy atom. The van der Waals surface area contributed by atoms with Crippen molar-refractivity contribution in [1.29, 1.82) is 0 Å². The Balaban J connectivity index is 1.77. The summed E-state index contributed by atoms with van der Waals surface area (Å²) in [4.78, 5) is 39.1. The number of nitrogens with zero attached hydrogens (tertiary/aromatic N) is 3. The Hall–Kier alpha value is -2.38. The van der Waals surface area contributed by atoms with Gasteiger partial charge in [0.25, 0.3) is 5.91 Å². The van der Waals surface area contributed by atoms with E-state index in [9.17, 15) is 14.4 Å². The molecule has 4 amide bonds. The zero-order valence-electron chi connectivity index (χ0n) is 18.4. The van der Waals surface area contributed by atoms with Crippen LogP contribution in [0.3, 0.4) is 0 Å². The summed E-state index contributed by atoms with van der Waals surface area (Å²) in [5, 5.41) is 10.4. The van der Waals surface area contributed by atoms with Gasteiger partial charge in [0.1, 0.15) is 17.9 Å². The summed E-state index contributed by atoms with van der Waals surface area (Å²) < 4.78 is 1.78. The van der Waals surface area contributed by atoms with E-state index >= 15 is 0 Å². The third-order valence-electron chi connectivity index (χ3n) is 5.64. The van der Waals surface area contributed by atoms with Crippen LogP contribution in [0.15, 0.2) is 6.07 Å². The number of rotatable bonds is 3. The van der Waals surface area contributed by atoms with Gasteiger partial charge in [-0.15, -0.1) is 0 Å². The first-order valence-corrected chi connectivity index (χ1v) is 10.4. The van der Waals surface area contributed by atoms with Crippen molar-refractivity contribution in [3.05, 3.63) is 11.8 Å². The van der Waals surface area contributed by atoms with Crippen LogP contribution in [0.2, 0.25) is 0 Å². The number of urea groups is 1. The van der Waals surface area contributed by atoms with Gasteiger partial charge in [0.05, 0.1) is 11.2 Å². The Labute approximate surface area is 172 Å². The number of carbonyl (C=O) groups is 3. The lowest BCUT2D eigenvalue weighted by molar-refractivity contribution is -0.134. The van der Waals surface area contributed by atoms with E-state index in [1.54, 1.807) is 4.68 Å². The van der Waals surface area contributed by atoms with Crippen LogP contribution < -0.4 is 10.6 Å². The van der Waals surface area contributed by atoms with Crippen molar-refractivity contribution < 1.29 is 14.4 Å². The number of imide groups is 1. The molecule has 1 aliphatic heterocycles. The molecule has 1 spiro atoms. The smallest absolute Gasteiger partial charge is 0.323 e. The molecule has 0 atom stereocenters. The lowest BCUT2D eigenvalue weighted by Gasteiger charge is -2.30. The van der Waals surface area contributed by atoms with Crippen LogP contribution in [0.1, 0.15) is 79.3 Å². The third kappa shape index (κ3) is 4.16. The van der Waals surface area contributed by atoms with Gasteiger partial charge in [-0.25, -0.2) is 9.48 Å². The molecule has 3 rings (SSSR count). The molecule has 8 nitrogen and oxygen atoms in total. The Morgan fingerprint density at radius 3 is 2.31 bits per heavy atom. The largest absolute Gasteiger partial charge is 0.325 e. The van der Waals surface area contributed by atoms with Crippen LogP contribution in [0.5, 0.6) is 0 Å². The van der Waals surface area contributed by atoms with Gasteiger partial charge in [0.2, 0.25) is 5.91 Å². The minimum atomic E-state index is -0.817. The average Bonchev–Trinajstić information content (AvgIpc) is 3.11. The molecule has 0 aromatic carbocycles. The fourth-order valence-electron chi connectivity index (χ4n) is 3.99. The van der Waals surface area contributed by atoms with Gasteiger partial charge in [-0.2, -0.15) is 5.10 Å². The minimum Gasteiger partial charge on any atom is -0.323 e. The van der Waals surface area contributed by atoms with Crippen LogP contribution in [-0.2, 0) is 20.5 Å². The van der Waals surface area contributed by atoms with Crippen molar-refractivity contribution in [2.75, 3.05) is 11.9 Å². The van der Waals surface area contributed by atoms with E-state index < -0.39 is 17.5 Å². The first-order valence-electron chi connectivity index (χ1n) is 10.4. The highest BCUT2D eigenvalue weighted by Crippen LogP contribution is 2.34. The maximum absolute atomic E-state index is 12.9. The maximum atomic E-state index is 12.9. The number of hydrogen-bond acceptors (Lipinski definition) is 4. The first kappa shape index (κ1) is 21.3. The van der Waals surface area contributed by atoms with Crippen LogP contribution in [0, 0.1) is 0 Å². The van der Waals surface area contributed by atoms with Gasteiger partial charge in [-0.1, -0.05) is 40.0 Å². The number of aromatic nitrogens is 2. The van der Waals surface area contributed by atoms with Gasteiger partial charge in [-0.3, -0.25) is 14.5 Å². The molecule has 0 bridgehead atoms. The van der Waals surface area contributed by atoms with Gasteiger partial charge in [-0.05, 0) is 33.6 Å². The molecule has 1 aliphatic carbocycles. The molecule has 29 heavy (non-hydrogen) atoms. The maximum Gasteiger partial charge on any atom is 0.325 e. The molecule has 2 N–H and O–H groups in total. The van der Waals surface area contributed by atoms with E-state index in [0.29, 0.717) is 18.7 Å².